The van der Waals surface area contributed by atoms with Gasteiger partial charge < -0.3 is 21.3 Å². The number of carbonyl (C=O) groups is 3. The second-order valence-corrected chi connectivity index (χ2v) is 3.47. The third-order valence-electron chi connectivity index (χ3n) is 1.91. The maximum atomic E-state index is 11.1. The number of nitrogens with one attached hydrogen (secondary N) is 1. The van der Waals surface area contributed by atoms with E-state index >= 15 is 0 Å². The van der Waals surface area contributed by atoms with Gasteiger partial charge in [-0.1, -0.05) is 0 Å². The van der Waals surface area contributed by atoms with Crippen LogP contribution in [0.4, 0.5) is 0 Å². The van der Waals surface area contributed by atoms with Crippen LogP contribution in [0.15, 0.2) is 0 Å². The van der Waals surface area contributed by atoms with Crippen LogP contribution in [0.3, 0.4) is 0 Å². The van der Waals surface area contributed by atoms with Crippen LogP contribution >= 0.6 is 0 Å². The number of aliphatic carboxylic acids is 2. The summed E-state index contributed by atoms with van der Waals surface area (Å²) < 4.78 is 0. The Balaban J connectivity index is 4.13. The van der Waals surface area contributed by atoms with Crippen molar-refractivity contribution >= 4 is 17.8 Å². The highest BCUT2D eigenvalue weighted by atomic mass is 16.4. The predicted molar refractivity (Wildman–Crippen MR) is 54.7 cm³/mol. The topological polar surface area (TPSA) is 130 Å². The molecule has 0 saturated carbocycles. The number of rotatable bonds is 7. The molecule has 92 valence electrons. The minimum Gasteiger partial charge on any atom is -0.481 e. The molecule has 0 aliphatic rings. The van der Waals surface area contributed by atoms with Gasteiger partial charge in [0, 0.05) is 6.42 Å². The molecule has 0 spiro atoms. The molecule has 2 atom stereocenters. The van der Waals surface area contributed by atoms with Crippen molar-refractivity contribution in [1.82, 2.24) is 5.32 Å². The number of carbonyl (C=O) groups excluding carboxylic acids is 1. The van der Waals surface area contributed by atoms with Gasteiger partial charge in [-0.05, 0) is 19.8 Å². The van der Waals surface area contributed by atoms with Crippen LogP contribution in [0, 0.1) is 0 Å². The van der Waals surface area contributed by atoms with E-state index < -0.39 is 29.9 Å². The molecule has 1 amide bonds. The first-order valence-electron chi connectivity index (χ1n) is 4.85. The molecule has 5 N–H and O–H groups in total. The summed E-state index contributed by atoms with van der Waals surface area (Å²) in [6.07, 6.45) is 0.128. The molecular weight excluding hydrogens is 216 g/mol. The fraction of sp³-hybridized carbons (Fsp3) is 0.667. The lowest BCUT2D eigenvalue weighted by Gasteiger charge is -2.15. The Morgan fingerprint density at radius 1 is 1.31 bits per heavy atom. The van der Waals surface area contributed by atoms with E-state index in [9.17, 15) is 14.4 Å². The molecule has 0 aromatic carbocycles. The number of nitrogens with two attached hydrogens (primary N) is 1. The lowest BCUT2D eigenvalue weighted by Crippen LogP contribution is -2.47. The summed E-state index contributed by atoms with van der Waals surface area (Å²) in [6, 6.07) is -1.88. The van der Waals surface area contributed by atoms with Gasteiger partial charge in [-0.25, -0.2) is 4.79 Å². The first-order valence-corrected chi connectivity index (χ1v) is 4.85. The summed E-state index contributed by atoms with van der Waals surface area (Å²) in [4.78, 5) is 32.1. The number of carboxylic acids is 2. The van der Waals surface area contributed by atoms with E-state index in [1.165, 1.54) is 6.92 Å². The average molecular weight is 232 g/mol. The number of hydrogen-bond donors (Lipinski definition) is 4. The van der Waals surface area contributed by atoms with Crippen molar-refractivity contribution in [3.8, 4) is 0 Å². The molecule has 0 fully saturated rings. The van der Waals surface area contributed by atoms with Gasteiger partial charge in [-0.3, -0.25) is 9.59 Å². The number of amides is 1. The van der Waals surface area contributed by atoms with Crippen molar-refractivity contribution in [2.75, 3.05) is 0 Å². The Kier molecular flexibility index (Phi) is 6.09. The van der Waals surface area contributed by atoms with Crippen molar-refractivity contribution in [3.63, 3.8) is 0 Å². The number of hydrogen-bond acceptors (Lipinski definition) is 4. The summed E-state index contributed by atoms with van der Waals surface area (Å²) in [5.41, 5.74) is 5.26. The van der Waals surface area contributed by atoms with Crippen molar-refractivity contribution in [2.45, 2.75) is 38.3 Å². The van der Waals surface area contributed by atoms with Crippen LogP contribution in [0.1, 0.15) is 26.2 Å². The zero-order chi connectivity index (χ0) is 12.7. The van der Waals surface area contributed by atoms with Crippen molar-refractivity contribution in [1.29, 1.82) is 0 Å². The average Bonchev–Trinajstić information content (AvgIpc) is 2.14. The van der Waals surface area contributed by atoms with Gasteiger partial charge in [-0.2, -0.15) is 0 Å². The third kappa shape index (κ3) is 5.97. The van der Waals surface area contributed by atoms with Crippen LogP contribution in [-0.4, -0.2) is 40.1 Å². The van der Waals surface area contributed by atoms with E-state index in [1.807, 2.05) is 0 Å². The van der Waals surface area contributed by atoms with Crippen molar-refractivity contribution in [2.24, 2.45) is 5.73 Å². The van der Waals surface area contributed by atoms with Crippen LogP contribution in [-0.2, 0) is 14.4 Å². The molecule has 0 heterocycles. The summed E-state index contributed by atoms with van der Waals surface area (Å²) in [7, 11) is 0. The fourth-order valence-corrected chi connectivity index (χ4v) is 1.02. The molecule has 16 heavy (non-hydrogen) atoms. The molecule has 7 nitrogen and oxygen atoms in total. The Hall–Kier alpha value is -1.63. The molecule has 0 radical (unpaired) electrons. The molecule has 1 unspecified atom stereocenters. The van der Waals surface area contributed by atoms with Crippen LogP contribution < -0.4 is 11.1 Å². The second kappa shape index (κ2) is 6.78. The zero-order valence-electron chi connectivity index (χ0n) is 8.97. The fourth-order valence-electron chi connectivity index (χ4n) is 1.02. The van der Waals surface area contributed by atoms with E-state index in [0.29, 0.717) is 0 Å². The monoisotopic (exact) mass is 232 g/mol. The Morgan fingerprint density at radius 2 is 1.88 bits per heavy atom. The molecule has 0 aliphatic carbocycles. The van der Waals surface area contributed by atoms with Gasteiger partial charge in [0.05, 0.1) is 6.04 Å². The van der Waals surface area contributed by atoms with E-state index in [2.05, 4.69) is 5.32 Å². The summed E-state index contributed by atoms with van der Waals surface area (Å²) in [5, 5.41) is 19.4. The van der Waals surface area contributed by atoms with E-state index in [4.69, 9.17) is 15.9 Å². The Morgan fingerprint density at radius 3 is 2.25 bits per heavy atom. The molecule has 0 bridgehead atoms. The first kappa shape index (κ1) is 14.4. The standard InChI is InChI=1S/C9H16N2O5/c1-5(10)8(14)11-6(9(15)16)3-2-4-7(12)13/h5-6H,2-4,10H2,1H3,(H,11,14)(H,12,13)(H,15,16)/t5?,6-/m1/s1. The molecule has 0 saturated heterocycles. The maximum Gasteiger partial charge on any atom is 0.326 e. The van der Waals surface area contributed by atoms with Crippen molar-refractivity contribution < 1.29 is 24.6 Å². The van der Waals surface area contributed by atoms with Gasteiger partial charge in [0.15, 0.2) is 0 Å². The lowest BCUT2D eigenvalue weighted by atomic mass is 10.1. The molecule has 0 aromatic heterocycles. The quantitative estimate of drug-likeness (QED) is 0.452. The minimum atomic E-state index is -1.20. The van der Waals surface area contributed by atoms with Crippen LogP contribution in [0.5, 0.6) is 0 Å². The minimum absolute atomic E-state index is 0.0695. The second-order valence-electron chi connectivity index (χ2n) is 3.47. The molecule has 0 rings (SSSR count). The normalized spacial score (nSPS) is 13.9. The van der Waals surface area contributed by atoms with Crippen LogP contribution in [0.25, 0.3) is 0 Å². The smallest absolute Gasteiger partial charge is 0.326 e. The highest BCUT2D eigenvalue weighted by Gasteiger charge is 2.21. The molecule has 0 aromatic rings. The lowest BCUT2D eigenvalue weighted by molar-refractivity contribution is -0.142. The highest BCUT2D eigenvalue weighted by molar-refractivity contribution is 5.86. The van der Waals surface area contributed by atoms with E-state index in [-0.39, 0.29) is 19.3 Å². The van der Waals surface area contributed by atoms with Gasteiger partial charge in [0.2, 0.25) is 5.91 Å². The zero-order valence-corrected chi connectivity index (χ0v) is 8.97. The SMILES string of the molecule is CC(N)C(=O)N[C@H](CCCC(=O)O)C(=O)O. The molecule has 7 heteroatoms. The molecular formula is C9H16N2O5. The summed E-state index contributed by atoms with van der Waals surface area (Å²) in [6.45, 7) is 1.44. The summed E-state index contributed by atoms with van der Waals surface area (Å²) >= 11 is 0. The molecule has 0 aliphatic heterocycles. The van der Waals surface area contributed by atoms with Gasteiger partial charge in [-0.15, -0.1) is 0 Å². The summed E-state index contributed by atoms with van der Waals surface area (Å²) in [5.74, 6) is -2.76. The van der Waals surface area contributed by atoms with Crippen molar-refractivity contribution in [3.05, 3.63) is 0 Å². The first-order chi connectivity index (χ1) is 7.34. The largest absolute Gasteiger partial charge is 0.481 e. The Bertz CT molecular complexity index is 277. The van der Waals surface area contributed by atoms with Gasteiger partial charge in [0.1, 0.15) is 6.04 Å². The van der Waals surface area contributed by atoms with Gasteiger partial charge >= 0.3 is 11.9 Å². The maximum absolute atomic E-state index is 11.1. The van der Waals surface area contributed by atoms with Gasteiger partial charge in [0.25, 0.3) is 0 Å². The number of carboxylic acid groups (broad SMARTS) is 2. The Labute approximate surface area is 92.6 Å². The highest BCUT2D eigenvalue weighted by Crippen LogP contribution is 2.02. The van der Waals surface area contributed by atoms with E-state index in [1.54, 1.807) is 0 Å². The predicted octanol–water partition coefficient (Wildman–Crippen LogP) is -0.842. The van der Waals surface area contributed by atoms with E-state index in [0.717, 1.165) is 0 Å². The van der Waals surface area contributed by atoms with Crippen LogP contribution in [0.2, 0.25) is 0 Å². The third-order valence-corrected chi connectivity index (χ3v) is 1.91.